The molecule has 2 aromatic heterocycles. The molecule has 0 aromatic carbocycles. The van der Waals surface area contributed by atoms with E-state index in [9.17, 15) is 13.2 Å². The van der Waals surface area contributed by atoms with Gasteiger partial charge >= 0.3 is 6.18 Å². The quantitative estimate of drug-likeness (QED) is 0.691. The minimum atomic E-state index is -4.41. The van der Waals surface area contributed by atoms with Crippen LogP contribution >= 0.6 is 11.9 Å². The number of ether oxygens (including phenoxy) is 1. The summed E-state index contributed by atoms with van der Waals surface area (Å²) in [5.41, 5.74) is 0.462. The molecule has 1 saturated carbocycles. The summed E-state index contributed by atoms with van der Waals surface area (Å²) in [4.78, 5) is 6.85. The molecule has 0 radical (unpaired) electrons. The first-order valence-corrected chi connectivity index (χ1v) is 10.7. The number of aromatic nitrogens is 3. The minimum absolute atomic E-state index is 0.0628. The Bertz CT molecular complexity index is 951. The number of alkyl halides is 3. The maximum Gasteiger partial charge on any atom is 0.422 e. The van der Waals surface area contributed by atoms with Crippen LogP contribution in [0.2, 0.25) is 0 Å². The van der Waals surface area contributed by atoms with E-state index in [2.05, 4.69) is 30.0 Å². The second kappa shape index (κ2) is 7.49. The highest BCUT2D eigenvalue weighted by Crippen LogP contribution is 2.40. The average Bonchev–Trinajstić information content (AvgIpc) is 3.36. The van der Waals surface area contributed by atoms with E-state index in [1.165, 1.54) is 10.6 Å². The largest absolute Gasteiger partial charge is 0.480 e. The molecule has 0 spiro atoms. The van der Waals surface area contributed by atoms with Gasteiger partial charge < -0.3 is 15.4 Å². The van der Waals surface area contributed by atoms with Gasteiger partial charge in [0.05, 0.1) is 0 Å². The predicted octanol–water partition coefficient (Wildman–Crippen LogP) is 2.75. The monoisotopic (exact) mass is 441 g/mol. The summed E-state index contributed by atoms with van der Waals surface area (Å²) in [6.45, 7) is 2.52. The van der Waals surface area contributed by atoms with Gasteiger partial charge in [-0.05, 0) is 43.7 Å². The van der Waals surface area contributed by atoms with E-state index >= 15 is 0 Å². The van der Waals surface area contributed by atoms with Crippen LogP contribution in [-0.4, -0.2) is 62.7 Å². The average molecular weight is 441 g/mol. The van der Waals surface area contributed by atoms with Crippen molar-refractivity contribution in [1.29, 1.82) is 0 Å². The van der Waals surface area contributed by atoms with Crippen LogP contribution in [-0.2, 0) is 0 Å². The lowest BCUT2D eigenvalue weighted by molar-refractivity contribution is -0.153. The van der Waals surface area contributed by atoms with E-state index in [1.807, 2.05) is 6.92 Å². The first-order chi connectivity index (χ1) is 14.4. The van der Waals surface area contributed by atoms with Gasteiger partial charge in [0.1, 0.15) is 5.84 Å². The molecule has 8 nitrogen and oxygen atoms in total. The number of piperidine rings is 1. The smallest absolute Gasteiger partial charge is 0.422 e. The molecule has 1 saturated heterocycles. The van der Waals surface area contributed by atoms with Gasteiger partial charge in [0.2, 0.25) is 5.95 Å². The summed E-state index contributed by atoms with van der Waals surface area (Å²) in [5, 5.41) is 11.2. The molecule has 3 aliphatic rings. The van der Waals surface area contributed by atoms with Gasteiger partial charge in [-0.1, -0.05) is 0 Å². The zero-order valence-electron chi connectivity index (χ0n) is 16.3. The van der Waals surface area contributed by atoms with E-state index in [1.54, 1.807) is 24.2 Å². The van der Waals surface area contributed by atoms with Gasteiger partial charge in [-0.2, -0.15) is 18.2 Å². The van der Waals surface area contributed by atoms with Crippen LogP contribution in [0.4, 0.5) is 19.1 Å². The van der Waals surface area contributed by atoms with Crippen LogP contribution in [0.25, 0.3) is 5.65 Å². The normalized spacial score (nSPS) is 29.1. The van der Waals surface area contributed by atoms with Crippen molar-refractivity contribution in [3.05, 3.63) is 18.3 Å². The Morgan fingerprint density at radius 1 is 1.30 bits per heavy atom. The molecule has 5 rings (SSSR count). The second-order valence-corrected chi connectivity index (χ2v) is 8.82. The van der Waals surface area contributed by atoms with Crippen LogP contribution in [0.3, 0.4) is 0 Å². The summed E-state index contributed by atoms with van der Waals surface area (Å²) in [6, 6.07) is 3.31. The summed E-state index contributed by atoms with van der Waals surface area (Å²) in [5.74, 6) is 2.35. The SMILES string of the molecule is CC1=NSC(N2C[C@H]3CC[C@@H](C2)[C@@H]3Nc2nc3c(OCC(F)(F)F)cccn3n2)N1. The Morgan fingerprint density at radius 3 is 2.73 bits per heavy atom. The van der Waals surface area contributed by atoms with Crippen molar-refractivity contribution >= 4 is 29.4 Å². The molecule has 2 fully saturated rings. The fourth-order valence-electron chi connectivity index (χ4n) is 4.57. The van der Waals surface area contributed by atoms with Gasteiger partial charge in [-0.3, -0.25) is 4.90 Å². The molecular formula is C18H22F3N7OS. The molecule has 12 heteroatoms. The van der Waals surface area contributed by atoms with Crippen LogP contribution in [0.1, 0.15) is 19.8 Å². The van der Waals surface area contributed by atoms with Gasteiger partial charge in [-0.25, -0.2) is 8.91 Å². The molecule has 0 amide bonds. The lowest BCUT2D eigenvalue weighted by Crippen LogP contribution is -2.53. The van der Waals surface area contributed by atoms with Crippen LogP contribution in [0.15, 0.2) is 22.7 Å². The van der Waals surface area contributed by atoms with Crippen molar-refractivity contribution in [3.8, 4) is 5.75 Å². The lowest BCUT2D eigenvalue weighted by Gasteiger charge is -2.40. The Kier molecular flexibility index (Phi) is 4.92. The van der Waals surface area contributed by atoms with E-state index in [0.29, 0.717) is 17.8 Å². The molecular weight excluding hydrogens is 419 g/mol. The third-order valence-electron chi connectivity index (χ3n) is 5.83. The molecule has 162 valence electrons. The molecule has 4 atom stereocenters. The first-order valence-electron chi connectivity index (χ1n) is 9.88. The van der Waals surface area contributed by atoms with E-state index < -0.39 is 12.8 Å². The molecule has 4 heterocycles. The Balaban J connectivity index is 1.28. The Hall–Kier alpha value is -2.21. The molecule has 30 heavy (non-hydrogen) atoms. The van der Waals surface area contributed by atoms with Crippen molar-refractivity contribution in [2.75, 3.05) is 25.0 Å². The van der Waals surface area contributed by atoms with Crippen molar-refractivity contribution in [1.82, 2.24) is 24.8 Å². The van der Waals surface area contributed by atoms with Crippen molar-refractivity contribution in [3.63, 3.8) is 0 Å². The van der Waals surface area contributed by atoms with Crippen molar-refractivity contribution in [2.24, 2.45) is 16.2 Å². The number of amidine groups is 1. The number of nitrogens with one attached hydrogen (secondary N) is 2. The molecule has 2 aromatic rings. The molecule has 2 bridgehead atoms. The third kappa shape index (κ3) is 3.89. The van der Waals surface area contributed by atoms with Gasteiger partial charge in [-0.15, -0.1) is 5.10 Å². The van der Waals surface area contributed by atoms with E-state index in [-0.39, 0.29) is 22.9 Å². The summed E-state index contributed by atoms with van der Waals surface area (Å²) >= 11 is 1.57. The number of rotatable bonds is 5. The van der Waals surface area contributed by atoms with Crippen molar-refractivity contribution in [2.45, 2.75) is 37.5 Å². The van der Waals surface area contributed by atoms with Crippen LogP contribution in [0.5, 0.6) is 5.75 Å². The topological polar surface area (TPSA) is 79.1 Å². The van der Waals surface area contributed by atoms with Gasteiger partial charge in [0, 0.05) is 37.3 Å². The predicted molar refractivity (Wildman–Crippen MR) is 107 cm³/mol. The van der Waals surface area contributed by atoms with Crippen LogP contribution < -0.4 is 15.4 Å². The zero-order valence-corrected chi connectivity index (χ0v) is 17.1. The number of fused-ring (bicyclic) bond motifs is 3. The lowest BCUT2D eigenvalue weighted by atomic mass is 9.92. The molecule has 2 aliphatic heterocycles. The number of anilines is 1. The number of halogens is 3. The maximum atomic E-state index is 12.5. The highest BCUT2D eigenvalue weighted by molar-refractivity contribution is 7.99. The summed E-state index contributed by atoms with van der Waals surface area (Å²) in [7, 11) is 0. The first kappa shape index (κ1) is 19.7. The second-order valence-electron chi connectivity index (χ2n) is 7.98. The molecule has 1 unspecified atom stereocenters. The summed E-state index contributed by atoms with van der Waals surface area (Å²) in [6.07, 6.45) is -0.500. The van der Waals surface area contributed by atoms with Gasteiger partial charge in [0.25, 0.3) is 0 Å². The number of likely N-dealkylation sites (tertiary alicyclic amines) is 1. The minimum Gasteiger partial charge on any atom is -0.480 e. The highest BCUT2D eigenvalue weighted by atomic mass is 32.2. The molecule has 1 aliphatic carbocycles. The van der Waals surface area contributed by atoms with Crippen LogP contribution in [0, 0.1) is 11.8 Å². The Labute approximate surface area is 175 Å². The Morgan fingerprint density at radius 2 is 2.07 bits per heavy atom. The highest BCUT2D eigenvalue weighted by Gasteiger charge is 2.44. The number of pyridine rings is 1. The number of nitrogens with zero attached hydrogens (tertiary/aromatic N) is 5. The van der Waals surface area contributed by atoms with E-state index in [0.717, 1.165) is 31.8 Å². The number of hydrogen-bond acceptors (Lipinski definition) is 8. The summed E-state index contributed by atoms with van der Waals surface area (Å²) < 4.78 is 48.3. The standard InChI is InChI=1S/C18H22F3N7OS/c1-10-22-17(30-26-10)27-7-11-4-5-12(8-27)14(11)23-16-24-15-13(29-9-18(19,20)21)3-2-6-28(15)25-16/h2-3,6,11-12,14,17H,4-5,7-9H2,1H3,(H,22,26)(H,23,25)/t11-,12+,14-,17?. The van der Waals surface area contributed by atoms with E-state index in [4.69, 9.17) is 4.74 Å². The number of hydrogen-bond donors (Lipinski definition) is 2. The zero-order chi connectivity index (χ0) is 20.9. The maximum absolute atomic E-state index is 12.5. The molecule has 2 N–H and O–H groups in total. The fourth-order valence-corrected chi connectivity index (χ4v) is 5.41. The van der Waals surface area contributed by atoms with Gasteiger partial charge in [0.15, 0.2) is 23.5 Å². The fraction of sp³-hybridized carbons (Fsp3) is 0.611. The van der Waals surface area contributed by atoms with Crippen molar-refractivity contribution < 1.29 is 17.9 Å². The third-order valence-corrected chi connectivity index (χ3v) is 6.82.